The average Bonchev–Trinajstić information content (AvgIpc) is 0.931. The SMILES string of the molecule is CC(=O)CCCC[Si](C)(C)O[Si](C)(C)CCCN=[N+]=[N-].CC(=O)NCCC[Si](C)(C)Cl.CC(=O)NCCC[Si](C)(C)O[Si](C)(C)CCCNC(C)=O.C[Si](C)(CCCCl)O[Si](C)(C)CCCCl.C[Si](C)(CCCN=[N+]=[N-])O[Si](C)(C)CCCN=[N+]=[N-].C[Si](C)(Cl)CCCN=[N+]=[N-]. The maximum absolute atomic E-state index is 10.9. The molecule has 0 saturated carbocycles. The number of Topliss-reactive ketones (excluding diaryl/α,β-unsaturated/α-hetero) is 1. The number of halogens is 4. The van der Waals surface area contributed by atoms with Crippen LogP contribution in [0.4, 0.5) is 0 Å². The number of amides is 3. The van der Waals surface area contributed by atoms with Gasteiger partial charge >= 0.3 is 0 Å². The van der Waals surface area contributed by atoms with E-state index in [1.54, 1.807) is 20.8 Å². The van der Waals surface area contributed by atoms with Crippen LogP contribution in [-0.2, 0) is 35.6 Å². The number of rotatable bonds is 47. The largest absolute Gasteiger partial charge is 0.455 e. The highest BCUT2D eigenvalue weighted by molar-refractivity contribution is 7.19. The quantitative estimate of drug-likeness (QED) is 0.00997. The van der Waals surface area contributed by atoms with E-state index in [1.165, 1.54) is 19.0 Å². The summed E-state index contributed by atoms with van der Waals surface area (Å²) in [5.74, 6) is 1.88. The topological polar surface area (TPSA) is 336 Å². The zero-order valence-corrected chi connectivity index (χ0v) is 77.6. The lowest BCUT2D eigenvalue weighted by molar-refractivity contribution is -0.119. The van der Waals surface area contributed by atoms with Gasteiger partial charge in [-0.25, -0.2) is 0 Å². The lowest BCUT2D eigenvalue weighted by Crippen LogP contribution is -2.44. The van der Waals surface area contributed by atoms with Crippen LogP contribution >= 0.6 is 45.4 Å². The van der Waals surface area contributed by atoms with Gasteiger partial charge in [0.2, 0.25) is 17.7 Å². The minimum Gasteiger partial charge on any atom is -0.455 e. The summed E-state index contributed by atoms with van der Waals surface area (Å²) >= 11 is 23.5. The van der Waals surface area contributed by atoms with Gasteiger partial charge in [-0.1, -0.05) is 53.1 Å². The summed E-state index contributed by atoms with van der Waals surface area (Å²) < 4.78 is 25.7. The van der Waals surface area contributed by atoms with E-state index >= 15 is 0 Å². The molecular formula is C59H137Cl4N15O8Si10. The maximum atomic E-state index is 10.9. The van der Waals surface area contributed by atoms with Gasteiger partial charge in [-0.05, 0) is 258 Å². The summed E-state index contributed by atoms with van der Waals surface area (Å²) in [4.78, 5) is 54.0. The van der Waals surface area contributed by atoms with Gasteiger partial charge in [0, 0.05) is 104 Å². The first-order valence-electron chi connectivity index (χ1n) is 34.4. The molecule has 0 aromatic heterocycles. The van der Waals surface area contributed by atoms with Crippen LogP contribution in [0.5, 0.6) is 0 Å². The van der Waals surface area contributed by atoms with Crippen LogP contribution in [0.3, 0.4) is 0 Å². The van der Waals surface area contributed by atoms with Gasteiger partial charge in [-0.3, -0.25) is 14.4 Å². The molecule has 0 aliphatic heterocycles. The molecule has 0 aliphatic carbocycles. The highest BCUT2D eigenvalue weighted by Crippen LogP contribution is 2.28. The number of carbonyl (C=O) groups excluding carboxylic acids is 4. The lowest BCUT2D eigenvalue weighted by Gasteiger charge is -2.34. The molecule has 0 spiro atoms. The minimum absolute atomic E-state index is 0.0306. The van der Waals surface area contributed by atoms with Gasteiger partial charge in [0.25, 0.3) is 0 Å². The predicted octanol–water partition coefficient (Wildman–Crippen LogP) is 21.9. The predicted molar refractivity (Wildman–Crippen MR) is 439 cm³/mol. The van der Waals surface area contributed by atoms with Crippen molar-refractivity contribution in [3.8, 4) is 0 Å². The van der Waals surface area contributed by atoms with Crippen molar-refractivity contribution in [2.24, 2.45) is 20.5 Å². The van der Waals surface area contributed by atoms with Crippen LogP contribution in [0.15, 0.2) is 20.5 Å². The Morgan fingerprint density at radius 2 is 0.521 bits per heavy atom. The molecule has 0 radical (unpaired) electrons. The number of unbranched alkanes of at least 4 members (excludes halogenated alkanes) is 1. The lowest BCUT2D eigenvalue weighted by atomic mass is 10.2. The number of azide groups is 4. The summed E-state index contributed by atoms with van der Waals surface area (Å²) in [6.45, 7) is 55.3. The maximum Gasteiger partial charge on any atom is 0.216 e. The van der Waals surface area contributed by atoms with Gasteiger partial charge in [-0.2, -0.15) is 22.2 Å². The van der Waals surface area contributed by atoms with Gasteiger partial charge in [0.05, 0.1) is 0 Å². The Morgan fingerprint density at radius 1 is 0.323 bits per heavy atom. The molecule has 0 aromatic rings. The third kappa shape index (κ3) is 90.5. The second-order valence-electron chi connectivity index (χ2n) is 30.4. The molecule has 0 bridgehead atoms. The van der Waals surface area contributed by atoms with Crippen LogP contribution < -0.4 is 16.0 Å². The molecule has 23 nitrogen and oxygen atoms in total. The Kier molecular flexibility index (Phi) is 64.7. The zero-order valence-electron chi connectivity index (χ0n) is 64.6. The molecular weight excluding hydrogens is 1470 g/mol. The smallest absolute Gasteiger partial charge is 0.216 e. The molecule has 0 saturated heterocycles. The molecule has 0 aliphatic rings. The summed E-state index contributed by atoms with van der Waals surface area (Å²) in [6, 6.07) is 10.7. The fourth-order valence-electron chi connectivity index (χ4n) is 10.1. The van der Waals surface area contributed by atoms with E-state index in [-0.39, 0.29) is 23.5 Å². The highest BCUT2D eigenvalue weighted by Gasteiger charge is 2.35. The third-order valence-electron chi connectivity index (χ3n) is 14.0. The Hall–Kier alpha value is -1.51. The fraction of sp³-hybridized carbons (Fsp3) is 0.932. The van der Waals surface area contributed by atoms with Crippen molar-refractivity contribution in [1.82, 2.24) is 16.0 Å². The Morgan fingerprint density at radius 3 is 0.729 bits per heavy atom. The molecule has 0 rings (SSSR count). The van der Waals surface area contributed by atoms with E-state index < -0.39 is 81.3 Å². The van der Waals surface area contributed by atoms with Crippen LogP contribution in [0, 0.1) is 0 Å². The normalized spacial score (nSPS) is 11.9. The summed E-state index contributed by atoms with van der Waals surface area (Å²) in [7, 11) is -15.8. The van der Waals surface area contributed by atoms with Crippen molar-refractivity contribution < 1.29 is 35.6 Å². The van der Waals surface area contributed by atoms with Gasteiger partial charge < -0.3 is 37.2 Å². The van der Waals surface area contributed by atoms with Gasteiger partial charge in [-0.15, -0.1) is 23.2 Å². The highest BCUT2D eigenvalue weighted by atomic mass is 35.6. The average molecular weight is 1610 g/mol. The van der Waals surface area contributed by atoms with Gasteiger partial charge in [0.15, 0.2) is 73.9 Å². The first kappa shape index (κ1) is 105. The van der Waals surface area contributed by atoms with Crippen molar-refractivity contribution in [3.63, 3.8) is 0 Å². The molecule has 0 heterocycles. The van der Waals surface area contributed by atoms with Crippen molar-refractivity contribution in [3.05, 3.63) is 41.8 Å². The summed E-state index contributed by atoms with van der Waals surface area (Å²) in [5, 5.41) is 22.5. The summed E-state index contributed by atoms with van der Waals surface area (Å²) in [5.41, 5.74) is 32.7. The second-order valence-corrected chi connectivity index (χ2v) is 80.6. The second kappa shape index (κ2) is 58.9. The van der Waals surface area contributed by atoms with Crippen LogP contribution in [-0.4, -0.2) is 162 Å². The van der Waals surface area contributed by atoms with Crippen LogP contribution in [0.25, 0.3) is 41.8 Å². The fourth-order valence-corrected chi connectivity index (χ4v) is 49.1. The van der Waals surface area contributed by atoms with Crippen LogP contribution in [0.2, 0.25) is 191 Å². The van der Waals surface area contributed by atoms with E-state index in [1.807, 2.05) is 0 Å². The van der Waals surface area contributed by atoms with E-state index in [4.69, 9.17) is 83.9 Å². The number of hydrogen-bond acceptors (Lipinski definition) is 12. The zero-order chi connectivity index (χ0) is 75.8. The Labute approximate surface area is 613 Å². The third-order valence-corrected chi connectivity index (χ3v) is 48.9. The number of ketones is 1. The van der Waals surface area contributed by atoms with E-state index in [2.05, 4.69) is 187 Å². The molecule has 3 N–H and O–H groups in total. The van der Waals surface area contributed by atoms with E-state index in [9.17, 15) is 19.2 Å². The Balaban J connectivity index is -0.000000258. The Bertz CT molecular complexity index is 2210. The molecule has 37 heteroatoms. The summed E-state index contributed by atoms with van der Waals surface area (Å²) in [6.07, 6.45) is 11.5. The number of hydrogen-bond donors (Lipinski definition) is 3. The molecule has 564 valence electrons. The molecule has 0 fully saturated rings. The van der Waals surface area contributed by atoms with Gasteiger partial charge in [0.1, 0.15) is 13.2 Å². The first-order chi connectivity index (χ1) is 43.9. The number of carbonyl (C=O) groups is 4. The number of nitrogens with one attached hydrogen (secondary N) is 3. The monoisotopic (exact) mass is 1600 g/mol. The van der Waals surface area contributed by atoms with E-state index in [0.717, 1.165) is 150 Å². The van der Waals surface area contributed by atoms with Crippen molar-refractivity contribution in [2.45, 2.75) is 296 Å². The standard InChI is InChI=1S/C14H32N2O3Si2.C13H29N3O2Si2.C10H24Cl2OSi2.C10H24N6OSi2.C7H16ClNOSi.C5H12ClN3Si/c1-13(17)15-9-7-11-20(3,4)19-21(5,6)12-8-10-16-14(2)18;1-13(17)9-6-7-11-19(2,3)18-20(4,5)12-8-10-15-16-14;1-14(2,9-5-7-11)13-15(3,4)10-6-8-12;1-18(2,9-5-7-13-15-11)17-19(3,4)10-6-8-14-16-12;1-7(10)9-5-4-6-11(2,3)8;1-10(2,6)5-3-4-8-9-7/h7-12H2,1-6H3,(H,15,17)(H,16,18);6-12H2,1-5H3;5-10H2,1-4H3;5-10H2,1-4H3;4-6H2,1-3H3,(H,9,10);3-5H2,1-2H3. The number of nitrogens with zero attached hydrogens (tertiary/aromatic N) is 12. The number of alkyl halides is 2. The van der Waals surface area contributed by atoms with Crippen LogP contribution in [0.1, 0.15) is 105 Å². The molecule has 3 amide bonds. The van der Waals surface area contributed by atoms with Crippen molar-refractivity contribution >= 4 is 150 Å². The molecule has 0 aromatic carbocycles. The molecule has 0 unspecified atom stereocenters. The van der Waals surface area contributed by atoms with Crippen molar-refractivity contribution in [2.75, 3.05) is 57.6 Å². The van der Waals surface area contributed by atoms with Crippen molar-refractivity contribution in [1.29, 1.82) is 0 Å². The molecule has 96 heavy (non-hydrogen) atoms. The molecule has 0 atom stereocenters. The van der Waals surface area contributed by atoms with E-state index in [0.29, 0.717) is 32.6 Å². The first-order valence-corrected chi connectivity index (χ1v) is 68.9. The minimum atomic E-state index is -1.68.